The second kappa shape index (κ2) is 6.37. The van der Waals surface area contributed by atoms with Gasteiger partial charge in [0.25, 0.3) is 0 Å². The number of hydrogen-bond donors (Lipinski definition) is 1. The van der Waals surface area contributed by atoms with Crippen LogP contribution >= 0.6 is 11.6 Å². The van der Waals surface area contributed by atoms with Crippen molar-refractivity contribution in [3.05, 3.63) is 34.9 Å². The van der Waals surface area contributed by atoms with Gasteiger partial charge in [-0.3, -0.25) is 4.79 Å². The van der Waals surface area contributed by atoms with Gasteiger partial charge in [0.05, 0.1) is 0 Å². The highest BCUT2D eigenvalue weighted by atomic mass is 35.5. The summed E-state index contributed by atoms with van der Waals surface area (Å²) in [6, 6.07) is 8.27. The van der Waals surface area contributed by atoms with Crippen molar-refractivity contribution in [3.8, 4) is 0 Å². The van der Waals surface area contributed by atoms with E-state index >= 15 is 0 Å². The van der Waals surface area contributed by atoms with Crippen LogP contribution in [-0.4, -0.2) is 37.0 Å². The van der Waals surface area contributed by atoms with E-state index in [4.69, 9.17) is 11.6 Å². The van der Waals surface area contributed by atoms with E-state index in [-0.39, 0.29) is 17.4 Å². The number of rotatable bonds is 2. The molecule has 21 heavy (non-hydrogen) atoms. The van der Waals surface area contributed by atoms with Crippen LogP contribution in [0.4, 0.5) is 0 Å². The Morgan fingerprint density at radius 3 is 2.43 bits per heavy atom. The third kappa shape index (κ3) is 4.45. The summed E-state index contributed by atoms with van der Waals surface area (Å²) >= 11 is 5.96. The number of hydrogen-bond acceptors (Lipinski definition) is 2. The molecule has 0 bridgehead atoms. The van der Waals surface area contributed by atoms with Crippen molar-refractivity contribution in [2.45, 2.75) is 39.2 Å². The van der Waals surface area contributed by atoms with Gasteiger partial charge < -0.3 is 10.2 Å². The molecule has 1 aromatic rings. The Labute approximate surface area is 132 Å². The molecule has 1 amide bonds. The van der Waals surface area contributed by atoms with Crippen LogP contribution in [0.15, 0.2) is 24.3 Å². The molecule has 0 saturated carbocycles. The molecule has 1 N–H and O–H groups in total. The highest BCUT2D eigenvalue weighted by Crippen LogP contribution is 2.28. The van der Waals surface area contributed by atoms with Crippen LogP contribution in [0.1, 0.15) is 38.7 Å². The number of carbonyl (C=O) groups excluding carboxylic acids is 1. The maximum absolute atomic E-state index is 12.2. The number of amides is 1. The Balaban J connectivity index is 2.05. The van der Waals surface area contributed by atoms with E-state index in [0.717, 1.165) is 24.5 Å². The normalized spacial score (nSPS) is 23.9. The molecule has 2 atom stereocenters. The van der Waals surface area contributed by atoms with Crippen molar-refractivity contribution in [2.24, 2.45) is 5.41 Å². The molecule has 1 saturated heterocycles. The Bertz CT molecular complexity index is 493. The molecule has 1 heterocycles. The van der Waals surface area contributed by atoms with Gasteiger partial charge in [0.2, 0.25) is 5.91 Å². The number of benzene rings is 1. The van der Waals surface area contributed by atoms with E-state index in [0.29, 0.717) is 5.92 Å². The van der Waals surface area contributed by atoms with Crippen molar-refractivity contribution in [2.75, 3.05) is 20.1 Å². The summed E-state index contributed by atoms with van der Waals surface area (Å²) in [4.78, 5) is 14.5. The number of nitrogens with one attached hydrogen (secondary N) is 1. The third-order valence-electron chi connectivity index (χ3n) is 3.99. The predicted molar refractivity (Wildman–Crippen MR) is 87.7 cm³/mol. The van der Waals surface area contributed by atoms with Gasteiger partial charge in [0.1, 0.15) is 0 Å². The van der Waals surface area contributed by atoms with Gasteiger partial charge in [-0.05, 0) is 37.1 Å². The van der Waals surface area contributed by atoms with Crippen LogP contribution in [0.25, 0.3) is 0 Å². The number of carbonyl (C=O) groups is 1. The fourth-order valence-electron chi connectivity index (χ4n) is 2.80. The van der Waals surface area contributed by atoms with Crippen LogP contribution < -0.4 is 5.32 Å². The zero-order valence-electron chi connectivity index (χ0n) is 13.3. The van der Waals surface area contributed by atoms with E-state index in [1.54, 1.807) is 0 Å². The second-order valence-electron chi connectivity index (χ2n) is 7.13. The van der Waals surface area contributed by atoms with E-state index < -0.39 is 0 Å². The summed E-state index contributed by atoms with van der Waals surface area (Å²) in [5.41, 5.74) is 0.951. The quantitative estimate of drug-likeness (QED) is 0.909. The zero-order chi connectivity index (χ0) is 15.6. The standard InChI is InChI=1S/C17H25ClN2O/c1-17(2,3)16(21)19-15-9-13(10-20(4)11-15)12-5-7-14(18)8-6-12/h5-8,13,15H,9-11H2,1-4H3,(H,19,21). The molecule has 0 radical (unpaired) electrons. The number of piperidine rings is 1. The first-order valence-electron chi connectivity index (χ1n) is 7.50. The SMILES string of the molecule is CN1CC(NC(=O)C(C)(C)C)CC(c2ccc(Cl)cc2)C1. The summed E-state index contributed by atoms with van der Waals surface area (Å²) in [5.74, 6) is 0.559. The van der Waals surface area contributed by atoms with E-state index in [1.807, 2.05) is 32.9 Å². The molecule has 4 heteroatoms. The summed E-state index contributed by atoms with van der Waals surface area (Å²) in [7, 11) is 2.11. The molecule has 1 aromatic carbocycles. The predicted octanol–water partition coefficient (Wildman–Crippen LogP) is 3.29. The van der Waals surface area contributed by atoms with Gasteiger partial charge in [-0.25, -0.2) is 0 Å². The summed E-state index contributed by atoms with van der Waals surface area (Å²) in [6.07, 6.45) is 0.980. The van der Waals surface area contributed by atoms with Crippen LogP contribution in [0.3, 0.4) is 0 Å². The summed E-state index contributed by atoms with van der Waals surface area (Å²) in [6.45, 7) is 7.78. The molecule has 1 aliphatic heterocycles. The molecule has 0 aromatic heterocycles. The average molecular weight is 309 g/mol. The maximum Gasteiger partial charge on any atom is 0.225 e. The monoisotopic (exact) mass is 308 g/mol. The van der Waals surface area contributed by atoms with Crippen LogP contribution in [0.5, 0.6) is 0 Å². The van der Waals surface area contributed by atoms with Gasteiger partial charge in [-0.15, -0.1) is 0 Å². The molecule has 2 unspecified atom stereocenters. The number of likely N-dealkylation sites (tertiary alicyclic amines) is 1. The van der Waals surface area contributed by atoms with Gasteiger partial charge in [-0.1, -0.05) is 44.5 Å². The fourth-order valence-corrected chi connectivity index (χ4v) is 2.93. The number of nitrogens with zero attached hydrogens (tertiary/aromatic N) is 1. The van der Waals surface area contributed by atoms with Gasteiger partial charge in [0, 0.05) is 29.6 Å². The minimum Gasteiger partial charge on any atom is -0.352 e. The van der Waals surface area contributed by atoms with E-state index in [1.165, 1.54) is 5.56 Å². The minimum absolute atomic E-state index is 0.123. The Morgan fingerprint density at radius 2 is 1.86 bits per heavy atom. The van der Waals surface area contributed by atoms with Crippen molar-refractivity contribution >= 4 is 17.5 Å². The fraction of sp³-hybridized carbons (Fsp3) is 0.588. The lowest BCUT2D eigenvalue weighted by Gasteiger charge is -2.37. The maximum atomic E-state index is 12.2. The lowest BCUT2D eigenvalue weighted by atomic mass is 9.87. The Morgan fingerprint density at radius 1 is 1.24 bits per heavy atom. The molecular weight excluding hydrogens is 284 g/mol. The molecule has 3 nitrogen and oxygen atoms in total. The van der Waals surface area contributed by atoms with Gasteiger partial charge in [0.15, 0.2) is 0 Å². The largest absolute Gasteiger partial charge is 0.352 e. The van der Waals surface area contributed by atoms with Crippen molar-refractivity contribution in [1.82, 2.24) is 10.2 Å². The highest BCUT2D eigenvalue weighted by molar-refractivity contribution is 6.30. The molecule has 1 fully saturated rings. The van der Waals surface area contributed by atoms with Crippen molar-refractivity contribution in [3.63, 3.8) is 0 Å². The van der Waals surface area contributed by atoms with Gasteiger partial charge in [-0.2, -0.15) is 0 Å². The molecular formula is C17H25ClN2O. The molecule has 0 spiro atoms. The first-order chi connectivity index (χ1) is 9.75. The molecule has 116 valence electrons. The topological polar surface area (TPSA) is 32.3 Å². The van der Waals surface area contributed by atoms with Gasteiger partial charge >= 0.3 is 0 Å². The third-order valence-corrected chi connectivity index (χ3v) is 4.24. The number of likely N-dealkylation sites (N-methyl/N-ethyl adjacent to an activating group) is 1. The van der Waals surface area contributed by atoms with Crippen LogP contribution in [0, 0.1) is 5.41 Å². The van der Waals surface area contributed by atoms with E-state index in [2.05, 4.69) is 29.4 Å². The van der Waals surface area contributed by atoms with Crippen molar-refractivity contribution in [1.29, 1.82) is 0 Å². The van der Waals surface area contributed by atoms with E-state index in [9.17, 15) is 4.79 Å². The number of halogens is 1. The smallest absolute Gasteiger partial charge is 0.225 e. The lowest BCUT2D eigenvalue weighted by molar-refractivity contribution is -0.129. The molecule has 1 aliphatic rings. The molecule has 0 aliphatic carbocycles. The first kappa shape index (κ1) is 16.3. The average Bonchev–Trinajstić information content (AvgIpc) is 2.37. The second-order valence-corrected chi connectivity index (χ2v) is 7.56. The first-order valence-corrected chi connectivity index (χ1v) is 7.88. The highest BCUT2D eigenvalue weighted by Gasteiger charge is 2.30. The summed E-state index contributed by atoms with van der Waals surface area (Å²) in [5, 5.41) is 3.96. The van der Waals surface area contributed by atoms with Crippen LogP contribution in [0.2, 0.25) is 5.02 Å². The minimum atomic E-state index is -0.341. The zero-order valence-corrected chi connectivity index (χ0v) is 14.1. The Hall–Kier alpha value is -1.06. The Kier molecular flexibility index (Phi) is 4.95. The van der Waals surface area contributed by atoms with Crippen molar-refractivity contribution < 1.29 is 4.79 Å². The lowest BCUT2D eigenvalue weighted by Crippen LogP contribution is -2.51. The summed E-state index contributed by atoms with van der Waals surface area (Å²) < 4.78 is 0. The molecule has 2 rings (SSSR count). The van der Waals surface area contributed by atoms with Crippen LogP contribution in [-0.2, 0) is 4.79 Å².